The lowest BCUT2D eigenvalue weighted by Gasteiger charge is -2.23. The molecule has 0 aliphatic heterocycles. The van der Waals surface area contributed by atoms with Gasteiger partial charge in [0.15, 0.2) is 0 Å². The molecular weight excluding hydrogens is 654 g/mol. The summed E-state index contributed by atoms with van der Waals surface area (Å²) in [5.41, 5.74) is 1.58. The molecule has 0 saturated heterocycles. The molecule has 10 aromatic rings. The lowest BCUT2D eigenvalue weighted by Crippen LogP contribution is -2.43. The van der Waals surface area contributed by atoms with Gasteiger partial charge in [0.25, 0.3) is 0 Å². The van der Waals surface area contributed by atoms with Crippen LogP contribution in [0, 0.1) is 0 Å². The molecule has 3 heterocycles. The van der Waals surface area contributed by atoms with Gasteiger partial charge in [-0.1, -0.05) is 84.9 Å². The van der Waals surface area contributed by atoms with Gasteiger partial charge in [-0.15, -0.1) is 0 Å². The Morgan fingerprint density at radius 1 is 0.340 bits per heavy atom. The maximum atomic E-state index is 15.7. The van der Waals surface area contributed by atoms with Crippen LogP contribution in [0.2, 0.25) is 0 Å². The highest BCUT2D eigenvalue weighted by molar-refractivity contribution is 6.29. The molecule has 0 N–H and O–H groups in total. The first-order chi connectivity index (χ1) is 24.1. The SMILES string of the molecule is FC1(F)c2c(c3ccc(-c4cccc5c4oc4ccccc45)c4oc5c(-c6cccc7c6oc6ccccc67)ccc2c5c34)C(F)(F)C1(F)F. The van der Waals surface area contributed by atoms with Crippen molar-refractivity contribution in [1.29, 1.82) is 0 Å². The molecule has 7 aromatic carbocycles. The minimum atomic E-state index is -5.67. The highest BCUT2D eigenvalue weighted by Crippen LogP contribution is 2.67. The van der Waals surface area contributed by atoms with Crippen LogP contribution < -0.4 is 0 Å². The molecule has 0 amide bonds. The fourth-order valence-corrected chi connectivity index (χ4v) is 8.17. The van der Waals surface area contributed by atoms with Gasteiger partial charge in [0.2, 0.25) is 0 Å². The van der Waals surface area contributed by atoms with Gasteiger partial charge in [-0.2, -0.15) is 26.3 Å². The van der Waals surface area contributed by atoms with Crippen LogP contribution >= 0.6 is 0 Å². The van der Waals surface area contributed by atoms with Crippen LogP contribution in [0.25, 0.3) is 98.8 Å². The molecule has 1 aliphatic carbocycles. The van der Waals surface area contributed by atoms with E-state index in [9.17, 15) is 0 Å². The van der Waals surface area contributed by atoms with E-state index in [1.165, 1.54) is 24.3 Å². The Bertz CT molecular complexity index is 2890. The normalized spacial score (nSPS) is 16.7. The molecule has 3 aromatic heterocycles. The van der Waals surface area contributed by atoms with Gasteiger partial charge in [-0.05, 0) is 35.0 Å². The zero-order valence-electron chi connectivity index (χ0n) is 25.4. The number of alkyl halides is 6. The third-order valence-electron chi connectivity index (χ3n) is 10.4. The van der Waals surface area contributed by atoms with E-state index < -0.39 is 39.7 Å². The van der Waals surface area contributed by atoms with Crippen LogP contribution in [0.4, 0.5) is 26.3 Å². The predicted octanol–water partition coefficient (Wildman–Crippen LogP) is 13.1. The highest BCUT2D eigenvalue weighted by Gasteiger charge is 2.80. The molecular formula is C41H18F6O3. The van der Waals surface area contributed by atoms with E-state index in [1.54, 1.807) is 12.1 Å². The summed E-state index contributed by atoms with van der Waals surface area (Å²) in [4.78, 5) is 0. The van der Waals surface area contributed by atoms with Crippen LogP contribution in [0.1, 0.15) is 11.1 Å². The molecule has 11 rings (SSSR count). The quantitative estimate of drug-likeness (QED) is 0.136. The van der Waals surface area contributed by atoms with E-state index in [2.05, 4.69) is 0 Å². The van der Waals surface area contributed by atoms with E-state index in [1.807, 2.05) is 72.8 Å². The first-order valence-electron chi connectivity index (χ1n) is 15.8. The van der Waals surface area contributed by atoms with Crippen LogP contribution in [-0.4, -0.2) is 5.92 Å². The number of halogens is 6. The van der Waals surface area contributed by atoms with Crippen molar-refractivity contribution < 1.29 is 39.6 Å². The Balaban J connectivity index is 1.32. The number of hydrogen-bond acceptors (Lipinski definition) is 3. The van der Waals surface area contributed by atoms with E-state index in [-0.39, 0.29) is 21.9 Å². The molecule has 0 radical (unpaired) electrons. The summed E-state index contributed by atoms with van der Waals surface area (Å²) in [5.74, 6) is -16.0. The summed E-state index contributed by atoms with van der Waals surface area (Å²) < 4.78 is 112. The van der Waals surface area contributed by atoms with Crippen molar-refractivity contribution in [2.45, 2.75) is 17.8 Å². The molecule has 50 heavy (non-hydrogen) atoms. The van der Waals surface area contributed by atoms with Crippen molar-refractivity contribution in [3.05, 3.63) is 120 Å². The van der Waals surface area contributed by atoms with Crippen LogP contribution in [0.15, 0.2) is 122 Å². The van der Waals surface area contributed by atoms with Crippen molar-refractivity contribution in [2.24, 2.45) is 0 Å². The lowest BCUT2D eigenvalue weighted by atomic mass is 9.88. The van der Waals surface area contributed by atoms with Gasteiger partial charge in [0, 0.05) is 65.7 Å². The van der Waals surface area contributed by atoms with Crippen LogP contribution in [0.5, 0.6) is 0 Å². The van der Waals surface area contributed by atoms with Crippen molar-refractivity contribution >= 4 is 76.6 Å². The van der Waals surface area contributed by atoms with E-state index in [0.29, 0.717) is 44.6 Å². The molecule has 3 nitrogen and oxygen atoms in total. The summed E-state index contributed by atoms with van der Waals surface area (Å²) in [6.45, 7) is 0. The second kappa shape index (κ2) is 8.79. The molecule has 0 bridgehead atoms. The maximum Gasteiger partial charge on any atom is 0.380 e. The summed E-state index contributed by atoms with van der Waals surface area (Å²) in [5, 5.41) is 2.54. The minimum Gasteiger partial charge on any atom is -0.455 e. The van der Waals surface area contributed by atoms with E-state index in [0.717, 1.165) is 21.5 Å². The molecule has 0 fully saturated rings. The van der Waals surface area contributed by atoms with Crippen LogP contribution in [-0.2, 0) is 11.8 Å². The van der Waals surface area contributed by atoms with Crippen molar-refractivity contribution in [3.63, 3.8) is 0 Å². The molecule has 242 valence electrons. The first kappa shape index (κ1) is 27.9. The molecule has 0 saturated carbocycles. The number of fused-ring (bicyclic) bond motifs is 9. The third-order valence-corrected chi connectivity index (χ3v) is 10.4. The summed E-state index contributed by atoms with van der Waals surface area (Å²) in [6, 6.07) is 31.2. The Hall–Kier alpha value is -5.96. The van der Waals surface area contributed by atoms with Gasteiger partial charge < -0.3 is 13.3 Å². The standard InChI is InChI=1S/C41H18F6O3/c42-39(43)33-27-17-15-25(23-11-5-9-21-19-7-1-3-13-29(19)48-35(21)23)37-31(27)32-28(34(33)40(44,45)41(39,46)47)18-16-26(38(32)50-37)24-12-6-10-22-20-8-2-4-14-30(20)49-36(22)24/h1-18H. The van der Waals surface area contributed by atoms with Crippen molar-refractivity contribution in [1.82, 2.24) is 0 Å². The monoisotopic (exact) mass is 672 g/mol. The molecule has 0 unspecified atom stereocenters. The van der Waals surface area contributed by atoms with Crippen molar-refractivity contribution in [3.8, 4) is 22.3 Å². The van der Waals surface area contributed by atoms with Crippen LogP contribution in [0.3, 0.4) is 0 Å². The molecule has 0 spiro atoms. The third kappa shape index (κ3) is 3.06. The van der Waals surface area contributed by atoms with Gasteiger partial charge in [-0.3, -0.25) is 0 Å². The smallest absolute Gasteiger partial charge is 0.380 e. The Labute approximate surface area is 276 Å². The highest BCUT2D eigenvalue weighted by atomic mass is 19.3. The fraction of sp³-hybridized carbons (Fsp3) is 0.0732. The molecule has 0 atom stereocenters. The zero-order chi connectivity index (χ0) is 33.9. The lowest BCUT2D eigenvalue weighted by molar-refractivity contribution is -0.301. The summed E-state index contributed by atoms with van der Waals surface area (Å²) >= 11 is 0. The second-order valence-corrected chi connectivity index (χ2v) is 12.9. The molecule has 9 heteroatoms. The predicted molar refractivity (Wildman–Crippen MR) is 181 cm³/mol. The number of hydrogen-bond donors (Lipinski definition) is 0. The zero-order valence-corrected chi connectivity index (χ0v) is 25.4. The Kier molecular flexibility index (Phi) is 4.91. The van der Waals surface area contributed by atoms with Gasteiger partial charge >= 0.3 is 17.8 Å². The maximum absolute atomic E-state index is 15.7. The first-order valence-corrected chi connectivity index (χ1v) is 15.8. The number of rotatable bonds is 2. The number of furan rings is 3. The van der Waals surface area contributed by atoms with Gasteiger partial charge in [0.05, 0.1) is 0 Å². The Morgan fingerprint density at radius 2 is 0.740 bits per heavy atom. The van der Waals surface area contributed by atoms with Gasteiger partial charge in [-0.25, -0.2) is 0 Å². The van der Waals surface area contributed by atoms with E-state index in [4.69, 9.17) is 13.3 Å². The average molecular weight is 673 g/mol. The van der Waals surface area contributed by atoms with Gasteiger partial charge in [0.1, 0.15) is 33.5 Å². The number of benzene rings is 7. The Morgan fingerprint density at radius 3 is 1.20 bits per heavy atom. The second-order valence-electron chi connectivity index (χ2n) is 12.9. The summed E-state index contributed by atoms with van der Waals surface area (Å²) in [7, 11) is 0. The fourth-order valence-electron chi connectivity index (χ4n) is 8.17. The van der Waals surface area contributed by atoms with E-state index >= 15 is 26.3 Å². The summed E-state index contributed by atoms with van der Waals surface area (Å²) in [6.07, 6.45) is 0. The average Bonchev–Trinajstić information content (AvgIpc) is 3.84. The topological polar surface area (TPSA) is 39.4 Å². The van der Waals surface area contributed by atoms with Crippen molar-refractivity contribution in [2.75, 3.05) is 0 Å². The number of para-hydroxylation sites is 4. The minimum absolute atomic E-state index is 0.0474. The molecule has 1 aliphatic rings. The largest absolute Gasteiger partial charge is 0.455 e.